The highest BCUT2D eigenvalue weighted by Gasteiger charge is 2.44. The Morgan fingerprint density at radius 2 is 1.76 bits per heavy atom. The van der Waals surface area contributed by atoms with Crippen LogP contribution in [0.4, 0.5) is 11.4 Å². The molecule has 0 spiro atoms. The Balaban J connectivity index is 1.36. The number of anilines is 2. The molecule has 0 aromatic heterocycles. The minimum absolute atomic E-state index is 0.0782. The fraction of sp³-hybridized carbons (Fsp3) is 0.296. The van der Waals surface area contributed by atoms with Gasteiger partial charge in [0.05, 0.1) is 28.3 Å². The Labute approximate surface area is 224 Å². The summed E-state index contributed by atoms with van der Waals surface area (Å²) in [7, 11) is 0. The Bertz CT molecular complexity index is 1330. The molecule has 0 atom stereocenters. The molecule has 0 bridgehead atoms. The summed E-state index contributed by atoms with van der Waals surface area (Å²) in [5, 5.41) is 2.76. The summed E-state index contributed by atoms with van der Waals surface area (Å²) in [5.74, 6) is -1.48. The highest BCUT2D eigenvalue weighted by Crippen LogP contribution is 2.46. The molecule has 0 radical (unpaired) electrons. The van der Waals surface area contributed by atoms with Gasteiger partial charge in [0.25, 0.3) is 11.8 Å². The molecule has 5 rings (SSSR count). The molecule has 3 aliphatic rings. The molecular weight excluding hydrogens is 510 g/mol. The van der Waals surface area contributed by atoms with Gasteiger partial charge in [-0.25, -0.2) is 4.79 Å². The second kappa shape index (κ2) is 10.5. The molecule has 2 aromatic carbocycles. The van der Waals surface area contributed by atoms with Crippen molar-refractivity contribution < 1.29 is 23.9 Å². The number of benzene rings is 2. The number of para-hydroxylation sites is 1. The summed E-state index contributed by atoms with van der Waals surface area (Å²) in [6.07, 6.45) is 3.94. The van der Waals surface area contributed by atoms with E-state index in [1.807, 2.05) is 0 Å². The Morgan fingerprint density at radius 1 is 1.05 bits per heavy atom. The predicted octanol–water partition coefficient (Wildman–Crippen LogP) is 4.36. The van der Waals surface area contributed by atoms with Crippen molar-refractivity contribution in [1.29, 1.82) is 0 Å². The third-order valence-corrected chi connectivity index (χ3v) is 8.02. The Kier molecular flexibility index (Phi) is 7.12. The number of rotatable bonds is 6. The molecule has 37 heavy (non-hydrogen) atoms. The average molecular weight is 536 g/mol. The van der Waals surface area contributed by atoms with Gasteiger partial charge in [0.15, 0.2) is 0 Å². The maximum Gasteiger partial charge on any atom is 0.338 e. The van der Waals surface area contributed by atoms with Crippen molar-refractivity contribution in [2.24, 2.45) is 0 Å². The number of hydrogen-bond acceptors (Lipinski definition) is 7. The summed E-state index contributed by atoms with van der Waals surface area (Å²) >= 11 is 6.70. The lowest BCUT2D eigenvalue weighted by Crippen LogP contribution is -2.37. The molecule has 2 fully saturated rings. The molecule has 2 heterocycles. The van der Waals surface area contributed by atoms with Crippen LogP contribution in [0.2, 0.25) is 0 Å². The summed E-state index contributed by atoms with van der Waals surface area (Å²) < 4.78 is 5.45. The highest BCUT2D eigenvalue weighted by atomic mass is 32.2. The number of ether oxygens (including phenoxy) is 1. The minimum Gasteiger partial charge on any atom is -0.462 e. The van der Waals surface area contributed by atoms with Crippen LogP contribution in [0.3, 0.4) is 0 Å². The molecule has 2 aliphatic heterocycles. The second-order valence-corrected chi connectivity index (χ2v) is 10.6. The topological polar surface area (TPSA) is 96.0 Å². The molecule has 1 saturated heterocycles. The molecule has 1 aliphatic carbocycles. The van der Waals surface area contributed by atoms with Gasteiger partial charge in [-0.3, -0.25) is 24.2 Å². The van der Waals surface area contributed by atoms with Crippen LogP contribution < -0.4 is 10.2 Å². The zero-order valence-corrected chi connectivity index (χ0v) is 21.8. The van der Waals surface area contributed by atoms with E-state index in [-0.39, 0.29) is 25.1 Å². The third kappa shape index (κ3) is 4.78. The minimum atomic E-state index is -0.439. The van der Waals surface area contributed by atoms with E-state index in [0.717, 1.165) is 25.7 Å². The first-order valence-electron chi connectivity index (χ1n) is 12.2. The zero-order chi connectivity index (χ0) is 26.1. The normalized spacial score (nSPS) is 19.5. The monoisotopic (exact) mass is 535 g/mol. The van der Waals surface area contributed by atoms with Gasteiger partial charge in [-0.2, -0.15) is 0 Å². The van der Waals surface area contributed by atoms with Crippen molar-refractivity contribution in [3.63, 3.8) is 0 Å². The number of carbonyl (C=O) groups is 4. The molecule has 8 nitrogen and oxygen atoms in total. The number of thioether (sulfide) groups is 1. The lowest BCUT2D eigenvalue weighted by Gasteiger charge is -2.22. The smallest absolute Gasteiger partial charge is 0.338 e. The maximum absolute atomic E-state index is 13.6. The van der Waals surface area contributed by atoms with Gasteiger partial charge in [0.2, 0.25) is 5.91 Å². The number of nitrogens with one attached hydrogen (secondary N) is 1. The quantitative estimate of drug-likeness (QED) is 0.334. The molecular formula is C27H25N3O5S2. The van der Waals surface area contributed by atoms with Crippen LogP contribution in [0, 0.1) is 0 Å². The molecule has 0 unspecified atom stereocenters. The van der Waals surface area contributed by atoms with E-state index in [4.69, 9.17) is 17.0 Å². The second-order valence-electron chi connectivity index (χ2n) is 8.94. The largest absolute Gasteiger partial charge is 0.462 e. The van der Waals surface area contributed by atoms with Crippen LogP contribution in [-0.2, 0) is 19.1 Å². The SMILES string of the molecule is CCOC(=O)c1ccc(NC(=O)CN2C(=O)C(=C3SC(=S)N(C4CCCC4)C3=O)c3ccccc32)cc1. The molecule has 190 valence electrons. The molecule has 2 aromatic rings. The van der Waals surface area contributed by atoms with Crippen molar-refractivity contribution in [2.75, 3.05) is 23.4 Å². The number of hydrogen-bond donors (Lipinski definition) is 1. The third-order valence-electron chi connectivity index (χ3n) is 6.62. The van der Waals surface area contributed by atoms with Crippen LogP contribution in [0.25, 0.3) is 5.57 Å². The Morgan fingerprint density at radius 3 is 2.46 bits per heavy atom. The number of nitrogens with zero attached hydrogens (tertiary/aromatic N) is 2. The van der Waals surface area contributed by atoms with Gasteiger partial charge in [-0.15, -0.1) is 0 Å². The van der Waals surface area contributed by atoms with Gasteiger partial charge in [-0.1, -0.05) is 55.0 Å². The number of esters is 1. The number of carbonyl (C=O) groups excluding carboxylic acids is 4. The predicted molar refractivity (Wildman–Crippen MR) is 146 cm³/mol. The van der Waals surface area contributed by atoms with Crippen LogP contribution in [-0.4, -0.2) is 52.1 Å². The standard InChI is InChI=1S/C27H25N3O5S2/c1-2-35-26(34)16-11-13-17(14-12-16)28-21(31)15-29-20-10-6-5-9-19(20)22(24(29)32)23-25(33)30(27(36)37-23)18-7-3-4-8-18/h5-6,9-14,18H,2-4,7-8,15H2,1H3,(H,28,31). The van der Waals surface area contributed by atoms with E-state index in [1.54, 1.807) is 60.4 Å². The van der Waals surface area contributed by atoms with Crippen molar-refractivity contribution in [1.82, 2.24) is 4.90 Å². The molecule has 1 saturated carbocycles. The molecule has 10 heteroatoms. The van der Waals surface area contributed by atoms with E-state index in [1.165, 1.54) is 16.7 Å². The number of amides is 3. The van der Waals surface area contributed by atoms with E-state index in [2.05, 4.69) is 5.32 Å². The van der Waals surface area contributed by atoms with Crippen LogP contribution in [0.5, 0.6) is 0 Å². The fourth-order valence-electron chi connectivity index (χ4n) is 4.91. The van der Waals surface area contributed by atoms with Crippen LogP contribution in [0.1, 0.15) is 48.5 Å². The summed E-state index contributed by atoms with van der Waals surface area (Å²) in [5.41, 5.74) is 2.34. The van der Waals surface area contributed by atoms with Gasteiger partial charge in [0, 0.05) is 17.3 Å². The first-order chi connectivity index (χ1) is 17.9. The van der Waals surface area contributed by atoms with E-state index < -0.39 is 17.8 Å². The molecule has 3 amide bonds. The lowest BCUT2D eigenvalue weighted by atomic mass is 10.1. The number of thiocarbonyl (C=S) groups is 1. The van der Waals surface area contributed by atoms with Crippen LogP contribution >= 0.6 is 24.0 Å². The van der Waals surface area contributed by atoms with Gasteiger partial charge in [-0.05, 0) is 50.1 Å². The number of fused-ring (bicyclic) bond motifs is 1. The summed E-state index contributed by atoms with van der Waals surface area (Å²) in [6.45, 7) is 1.77. The van der Waals surface area contributed by atoms with Gasteiger partial charge in [0.1, 0.15) is 10.9 Å². The average Bonchev–Trinajstić information content (AvgIpc) is 3.57. The summed E-state index contributed by atoms with van der Waals surface area (Å²) in [6, 6.07) is 13.6. The van der Waals surface area contributed by atoms with Crippen molar-refractivity contribution in [3.8, 4) is 0 Å². The Hall–Kier alpha value is -3.50. The zero-order valence-electron chi connectivity index (χ0n) is 20.2. The van der Waals surface area contributed by atoms with Crippen molar-refractivity contribution in [2.45, 2.75) is 38.6 Å². The van der Waals surface area contributed by atoms with E-state index in [0.29, 0.717) is 37.3 Å². The van der Waals surface area contributed by atoms with Crippen molar-refractivity contribution in [3.05, 3.63) is 64.6 Å². The van der Waals surface area contributed by atoms with Gasteiger partial charge < -0.3 is 10.1 Å². The van der Waals surface area contributed by atoms with Crippen molar-refractivity contribution >= 4 is 68.9 Å². The highest BCUT2D eigenvalue weighted by molar-refractivity contribution is 8.26. The molecule has 1 N–H and O–H groups in total. The van der Waals surface area contributed by atoms with Gasteiger partial charge >= 0.3 is 5.97 Å². The lowest BCUT2D eigenvalue weighted by molar-refractivity contribution is -0.123. The van der Waals surface area contributed by atoms with Crippen LogP contribution in [0.15, 0.2) is 53.4 Å². The first-order valence-corrected chi connectivity index (χ1v) is 13.4. The first kappa shape index (κ1) is 25.2. The fourth-order valence-corrected chi connectivity index (χ4v) is 6.38. The van der Waals surface area contributed by atoms with E-state index in [9.17, 15) is 19.2 Å². The maximum atomic E-state index is 13.6. The summed E-state index contributed by atoms with van der Waals surface area (Å²) in [4.78, 5) is 55.1. The van der Waals surface area contributed by atoms with E-state index >= 15 is 0 Å².